The second-order valence-corrected chi connectivity index (χ2v) is 6.05. The quantitative estimate of drug-likeness (QED) is 0.717. The van der Waals surface area contributed by atoms with Gasteiger partial charge < -0.3 is 9.64 Å². The third-order valence-corrected chi connectivity index (χ3v) is 3.91. The molecule has 0 saturated carbocycles. The predicted molar refractivity (Wildman–Crippen MR) is 71.6 cm³/mol. The molecule has 2 aliphatic rings. The zero-order valence-electron chi connectivity index (χ0n) is 12.1. The highest BCUT2D eigenvalue weighted by Crippen LogP contribution is 2.24. The minimum Gasteiger partial charge on any atom is -0.457 e. The lowest BCUT2D eigenvalue weighted by Crippen LogP contribution is -2.57. The summed E-state index contributed by atoms with van der Waals surface area (Å²) in [5.41, 5.74) is -0.458. The molecule has 5 nitrogen and oxygen atoms in total. The number of hydrogen-bond acceptors (Lipinski definition) is 4. The third kappa shape index (κ3) is 3.26. The van der Waals surface area contributed by atoms with Crippen molar-refractivity contribution in [1.29, 1.82) is 0 Å². The summed E-state index contributed by atoms with van der Waals surface area (Å²) >= 11 is 0. The molecular formula is C14H24N2O3. The van der Waals surface area contributed by atoms with Crippen molar-refractivity contribution in [3.05, 3.63) is 0 Å². The van der Waals surface area contributed by atoms with Crippen molar-refractivity contribution in [2.24, 2.45) is 0 Å². The molecule has 0 aromatic rings. The van der Waals surface area contributed by atoms with Crippen LogP contribution in [-0.4, -0.2) is 59.5 Å². The van der Waals surface area contributed by atoms with Gasteiger partial charge >= 0.3 is 5.97 Å². The highest BCUT2D eigenvalue weighted by molar-refractivity contribution is 5.86. The Kier molecular flexibility index (Phi) is 4.13. The fourth-order valence-electron chi connectivity index (χ4n) is 2.93. The van der Waals surface area contributed by atoms with Crippen molar-refractivity contribution in [1.82, 2.24) is 9.80 Å². The molecule has 0 aromatic heterocycles. The van der Waals surface area contributed by atoms with Crippen molar-refractivity contribution in [2.75, 3.05) is 26.2 Å². The maximum atomic E-state index is 12.2. The molecule has 0 N–H and O–H groups in total. The van der Waals surface area contributed by atoms with Gasteiger partial charge in [-0.2, -0.15) is 0 Å². The van der Waals surface area contributed by atoms with Crippen LogP contribution < -0.4 is 0 Å². The SMILES string of the molecule is CCN1CC(C)(C)OC(=O)C1CC(=O)N1CCCC1. The molecule has 0 aromatic carbocycles. The molecule has 0 aliphatic carbocycles. The van der Waals surface area contributed by atoms with E-state index in [4.69, 9.17) is 4.74 Å². The van der Waals surface area contributed by atoms with E-state index in [1.807, 2.05) is 25.7 Å². The van der Waals surface area contributed by atoms with E-state index in [-0.39, 0.29) is 18.3 Å². The first kappa shape index (κ1) is 14.3. The van der Waals surface area contributed by atoms with E-state index in [0.717, 1.165) is 32.5 Å². The monoisotopic (exact) mass is 268 g/mol. The molecule has 2 saturated heterocycles. The Bertz CT molecular complexity index is 362. The highest BCUT2D eigenvalue weighted by Gasteiger charge is 2.41. The van der Waals surface area contributed by atoms with Crippen molar-refractivity contribution in [2.45, 2.75) is 51.7 Å². The average molecular weight is 268 g/mol. The van der Waals surface area contributed by atoms with Crippen LogP contribution in [0.1, 0.15) is 40.0 Å². The molecule has 0 bridgehead atoms. The Balaban J connectivity index is 2.01. The lowest BCUT2D eigenvalue weighted by atomic mass is 10.0. The van der Waals surface area contributed by atoms with Crippen LogP contribution in [0.15, 0.2) is 0 Å². The van der Waals surface area contributed by atoms with Crippen LogP contribution in [0.2, 0.25) is 0 Å². The molecule has 2 heterocycles. The maximum Gasteiger partial charge on any atom is 0.324 e. The number of rotatable bonds is 3. The Morgan fingerprint density at radius 1 is 1.37 bits per heavy atom. The molecule has 5 heteroatoms. The molecule has 1 amide bonds. The Labute approximate surface area is 114 Å². The number of cyclic esters (lactones) is 1. The molecule has 1 unspecified atom stereocenters. The van der Waals surface area contributed by atoms with Gasteiger partial charge in [-0.05, 0) is 33.2 Å². The molecule has 2 aliphatic heterocycles. The zero-order valence-corrected chi connectivity index (χ0v) is 12.1. The van der Waals surface area contributed by atoms with Gasteiger partial charge in [0, 0.05) is 19.6 Å². The standard InChI is InChI=1S/C14H24N2O3/c1-4-15-10-14(2,3)19-13(18)11(15)9-12(17)16-7-5-6-8-16/h11H,4-10H2,1-3H3. The van der Waals surface area contributed by atoms with E-state index in [0.29, 0.717) is 6.54 Å². The Morgan fingerprint density at radius 2 is 2.00 bits per heavy atom. The van der Waals surface area contributed by atoms with Crippen LogP contribution in [0.5, 0.6) is 0 Å². The molecule has 108 valence electrons. The first-order valence-electron chi connectivity index (χ1n) is 7.17. The zero-order chi connectivity index (χ0) is 14.0. The summed E-state index contributed by atoms with van der Waals surface area (Å²) in [4.78, 5) is 28.2. The summed E-state index contributed by atoms with van der Waals surface area (Å²) in [7, 11) is 0. The topological polar surface area (TPSA) is 49.9 Å². The van der Waals surface area contributed by atoms with Crippen LogP contribution in [0.25, 0.3) is 0 Å². The van der Waals surface area contributed by atoms with E-state index in [9.17, 15) is 9.59 Å². The number of likely N-dealkylation sites (N-methyl/N-ethyl adjacent to an activating group) is 1. The number of nitrogens with zero attached hydrogens (tertiary/aromatic N) is 2. The molecule has 1 atom stereocenters. The number of carbonyl (C=O) groups is 2. The summed E-state index contributed by atoms with van der Waals surface area (Å²) in [6.45, 7) is 8.94. The minimum absolute atomic E-state index is 0.0811. The lowest BCUT2D eigenvalue weighted by molar-refractivity contribution is -0.179. The van der Waals surface area contributed by atoms with Crippen molar-refractivity contribution < 1.29 is 14.3 Å². The fourth-order valence-corrected chi connectivity index (χ4v) is 2.93. The normalized spacial score (nSPS) is 27.4. The summed E-state index contributed by atoms with van der Waals surface area (Å²) in [6, 6.07) is -0.411. The van der Waals surface area contributed by atoms with E-state index in [2.05, 4.69) is 4.90 Å². The van der Waals surface area contributed by atoms with Crippen LogP contribution in [0.4, 0.5) is 0 Å². The van der Waals surface area contributed by atoms with Crippen LogP contribution >= 0.6 is 0 Å². The Morgan fingerprint density at radius 3 is 2.58 bits per heavy atom. The summed E-state index contributed by atoms with van der Waals surface area (Å²) in [5, 5.41) is 0. The Hall–Kier alpha value is -1.10. The second-order valence-electron chi connectivity index (χ2n) is 6.05. The minimum atomic E-state index is -0.458. The van der Waals surface area contributed by atoms with Crippen molar-refractivity contribution >= 4 is 11.9 Å². The second kappa shape index (κ2) is 5.49. The van der Waals surface area contributed by atoms with Gasteiger partial charge in [0.25, 0.3) is 0 Å². The van der Waals surface area contributed by atoms with E-state index < -0.39 is 11.6 Å². The van der Waals surface area contributed by atoms with Gasteiger partial charge in [-0.25, -0.2) is 0 Å². The van der Waals surface area contributed by atoms with Gasteiger partial charge in [0.1, 0.15) is 11.6 Å². The molecule has 0 spiro atoms. The summed E-state index contributed by atoms with van der Waals surface area (Å²) < 4.78 is 5.43. The lowest BCUT2D eigenvalue weighted by Gasteiger charge is -2.42. The number of ether oxygens (including phenoxy) is 1. The molecule has 19 heavy (non-hydrogen) atoms. The smallest absolute Gasteiger partial charge is 0.324 e. The predicted octanol–water partition coefficient (Wildman–Crippen LogP) is 1.02. The van der Waals surface area contributed by atoms with Gasteiger partial charge in [0.2, 0.25) is 5.91 Å². The number of esters is 1. The van der Waals surface area contributed by atoms with Gasteiger partial charge in [0.05, 0.1) is 6.42 Å². The van der Waals surface area contributed by atoms with Crippen LogP contribution in [-0.2, 0) is 14.3 Å². The van der Waals surface area contributed by atoms with Crippen LogP contribution in [0, 0.1) is 0 Å². The molecular weight excluding hydrogens is 244 g/mol. The summed E-state index contributed by atoms with van der Waals surface area (Å²) in [6.07, 6.45) is 2.40. The number of carbonyl (C=O) groups excluding carboxylic acids is 2. The number of likely N-dealkylation sites (tertiary alicyclic amines) is 1. The van der Waals surface area contributed by atoms with Gasteiger partial charge in [0.15, 0.2) is 0 Å². The average Bonchev–Trinajstić information content (AvgIpc) is 2.85. The fraction of sp³-hybridized carbons (Fsp3) is 0.857. The van der Waals surface area contributed by atoms with Crippen molar-refractivity contribution in [3.8, 4) is 0 Å². The van der Waals surface area contributed by atoms with Gasteiger partial charge in [-0.1, -0.05) is 6.92 Å². The van der Waals surface area contributed by atoms with E-state index in [1.54, 1.807) is 0 Å². The number of morpholine rings is 1. The van der Waals surface area contributed by atoms with Gasteiger partial charge in [-0.15, -0.1) is 0 Å². The maximum absolute atomic E-state index is 12.2. The van der Waals surface area contributed by atoms with E-state index in [1.165, 1.54) is 0 Å². The largest absolute Gasteiger partial charge is 0.457 e. The third-order valence-electron chi connectivity index (χ3n) is 3.91. The molecule has 2 fully saturated rings. The molecule has 2 rings (SSSR count). The number of hydrogen-bond donors (Lipinski definition) is 0. The highest BCUT2D eigenvalue weighted by atomic mass is 16.6. The molecule has 0 radical (unpaired) electrons. The first-order valence-corrected chi connectivity index (χ1v) is 7.17. The first-order chi connectivity index (χ1) is 8.93. The van der Waals surface area contributed by atoms with Crippen LogP contribution in [0.3, 0.4) is 0 Å². The summed E-state index contributed by atoms with van der Waals surface area (Å²) in [5.74, 6) is -0.178. The van der Waals surface area contributed by atoms with Crippen molar-refractivity contribution in [3.63, 3.8) is 0 Å². The van der Waals surface area contributed by atoms with E-state index >= 15 is 0 Å². The van der Waals surface area contributed by atoms with Gasteiger partial charge in [-0.3, -0.25) is 14.5 Å². The number of amides is 1.